The Morgan fingerprint density at radius 1 is 1.25 bits per heavy atom. The van der Waals surface area contributed by atoms with Crippen molar-refractivity contribution in [1.82, 2.24) is 0 Å². The van der Waals surface area contributed by atoms with Gasteiger partial charge in [0, 0.05) is 0 Å². The molecule has 0 aromatic carbocycles. The van der Waals surface area contributed by atoms with Gasteiger partial charge in [-0.25, -0.2) is 0 Å². The Bertz CT molecular complexity index is 181. The van der Waals surface area contributed by atoms with Gasteiger partial charge >= 0.3 is 0 Å². The third kappa shape index (κ3) is 1.47. The molecule has 6 heteroatoms. The van der Waals surface area contributed by atoms with E-state index in [0.717, 1.165) is 0 Å². The van der Waals surface area contributed by atoms with Crippen molar-refractivity contribution in [2.45, 2.75) is 24.6 Å². The van der Waals surface area contributed by atoms with Crippen molar-refractivity contribution >= 4 is 5.78 Å². The highest BCUT2D eigenvalue weighted by Crippen LogP contribution is 2.15. The summed E-state index contributed by atoms with van der Waals surface area (Å²) in [6.45, 7) is -0.587. The number of carbonyl (C=O) groups is 1. The van der Waals surface area contributed by atoms with Crippen molar-refractivity contribution in [3.05, 3.63) is 0 Å². The van der Waals surface area contributed by atoms with Gasteiger partial charge in [0.15, 0.2) is 18.2 Å². The van der Waals surface area contributed by atoms with Gasteiger partial charge in [-0.05, 0) is 0 Å². The van der Waals surface area contributed by atoms with E-state index in [4.69, 9.17) is 20.4 Å². The molecule has 0 radical (unpaired) electrons. The summed E-state index contributed by atoms with van der Waals surface area (Å²) in [7, 11) is 0. The largest absolute Gasteiger partial charge is 0.394 e. The Hall–Kier alpha value is -0.530. The standard InChI is InChI=1S/C6H10O6/c7-1-2-3(8)4(9)5(10)6(11)12-2/h2-3,5-8,10-11H,1H2/t2?,3-,5?,6+/m0/s1. The van der Waals surface area contributed by atoms with E-state index in [1.54, 1.807) is 0 Å². The Morgan fingerprint density at radius 3 is 2.33 bits per heavy atom. The zero-order valence-corrected chi connectivity index (χ0v) is 6.12. The van der Waals surface area contributed by atoms with Crippen LogP contribution in [-0.4, -0.2) is 57.4 Å². The first kappa shape index (κ1) is 9.56. The van der Waals surface area contributed by atoms with E-state index in [1.807, 2.05) is 0 Å². The lowest BCUT2D eigenvalue weighted by Gasteiger charge is -2.32. The number of ether oxygens (including phenoxy) is 1. The Balaban J connectivity index is 2.70. The number of carbonyl (C=O) groups excluding carboxylic acids is 1. The lowest BCUT2D eigenvalue weighted by atomic mass is 10.0. The van der Waals surface area contributed by atoms with E-state index in [0.29, 0.717) is 0 Å². The van der Waals surface area contributed by atoms with Gasteiger partial charge < -0.3 is 25.2 Å². The van der Waals surface area contributed by atoms with Gasteiger partial charge in [0.05, 0.1) is 6.61 Å². The average Bonchev–Trinajstić information content (AvgIpc) is 2.08. The van der Waals surface area contributed by atoms with E-state index in [2.05, 4.69) is 4.74 Å². The predicted molar refractivity (Wildman–Crippen MR) is 35.0 cm³/mol. The van der Waals surface area contributed by atoms with Crippen LogP contribution in [0.5, 0.6) is 0 Å². The normalized spacial score (nSPS) is 43.2. The molecule has 0 amide bonds. The minimum absolute atomic E-state index is 0.587. The average molecular weight is 178 g/mol. The molecule has 0 aliphatic carbocycles. The smallest absolute Gasteiger partial charge is 0.197 e. The minimum atomic E-state index is -1.73. The topological polar surface area (TPSA) is 107 Å². The first-order chi connectivity index (χ1) is 5.57. The molecule has 4 atom stereocenters. The highest BCUT2D eigenvalue weighted by atomic mass is 16.6. The third-order valence-corrected chi connectivity index (χ3v) is 1.70. The van der Waals surface area contributed by atoms with Crippen LogP contribution >= 0.6 is 0 Å². The van der Waals surface area contributed by atoms with E-state index in [-0.39, 0.29) is 0 Å². The molecule has 12 heavy (non-hydrogen) atoms. The molecule has 6 nitrogen and oxygen atoms in total. The molecule has 1 rings (SSSR count). The van der Waals surface area contributed by atoms with E-state index in [9.17, 15) is 4.79 Å². The summed E-state index contributed by atoms with van der Waals surface area (Å²) in [5.41, 5.74) is 0. The number of hydrogen-bond donors (Lipinski definition) is 4. The first-order valence-corrected chi connectivity index (χ1v) is 3.42. The fraction of sp³-hybridized carbons (Fsp3) is 0.833. The van der Waals surface area contributed by atoms with Gasteiger partial charge in [0.1, 0.15) is 12.2 Å². The van der Waals surface area contributed by atoms with Crippen molar-refractivity contribution in [2.75, 3.05) is 6.61 Å². The van der Waals surface area contributed by atoms with Gasteiger partial charge in [0.25, 0.3) is 0 Å². The fourth-order valence-electron chi connectivity index (χ4n) is 0.969. The van der Waals surface area contributed by atoms with Crippen molar-refractivity contribution in [3.63, 3.8) is 0 Å². The molecule has 0 aromatic rings. The molecule has 1 aliphatic rings. The number of rotatable bonds is 1. The highest BCUT2D eigenvalue weighted by Gasteiger charge is 2.42. The summed E-state index contributed by atoms with van der Waals surface area (Å²) in [5.74, 6) is -0.937. The fourth-order valence-corrected chi connectivity index (χ4v) is 0.969. The van der Waals surface area contributed by atoms with Crippen LogP contribution < -0.4 is 0 Å². The lowest BCUT2D eigenvalue weighted by Crippen LogP contribution is -2.55. The summed E-state index contributed by atoms with van der Waals surface area (Å²) in [6.07, 6.45) is -6.13. The Labute approximate surface area is 68.0 Å². The molecular weight excluding hydrogens is 168 g/mol. The first-order valence-electron chi connectivity index (χ1n) is 3.42. The van der Waals surface area contributed by atoms with Crippen molar-refractivity contribution in [1.29, 1.82) is 0 Å². The number of hydrogen-bond acceptors (Lipinski definition) is 6. The van der Waals surface area contributed by atoms with Crippen molar-refractivity contribution in [2.24, 2.45) is 0 Å². The van der Waals surface area contributed by atoms with Crippen LogP contribution in [-0.2, 0) is 9.53 Å². The van der Waals surface area contributed by atoms with Gasteiger partial charge in [0.2, 0.25) is 0 Å². The van der Waals surface area contributed by atoms with Crippen molar-refractivity contribution < 1.29 is 30.0 Å². The molecule has 2 unspecified atom stereocenters. The second-order valence-electron chi connectivity index (χ2n) is 2.54. The summed E-state index contributed by atoms with van der Waals surface area (Å²) in [4.78, 5) is 10.9. The number of Topliss-reactive ketones (excluding diaryl/α,β-unsaturated/α-hetero) is 1. The van der Waals surface area contributed by atoms with Crippen LogP contribution in [0.2, 0.25) is 0 Å². The van der Waals surface area contributed by atoms with Gasteiger partial charge in [-0.15, -0.1) is 0 Å². The Kier molecular flexibility index (Phi) is 2.76. The number of ketones is 1. The minimum Gasteiger partial charge on any atom is -0.394 e. The lowest BCUT2D eigenvalue weighted by molar-refractivity contribution is -0.238. The summed E-state index contributed by atoms with van der Waals surface area (Å²) in [5, 5.41) is 35.3. The zero-order valence-electron chi connectivity index (χ0n) is 6.12. The second kappa shape index (κ2) is 3.46. The maximum absolute atomic E-state index is 10.9. The van der Waals surface area contributed by atoms with Crippen LogP contribution in [0.1, 0.15) is 0 Å². The molecule has 0 bridgehead atoms. The maximum Gasteiger partial charge on any atom is 0.197 e. The van der Waals surface area contributed by atoms with Gasteiger partial charge in [-0.1, -0.05) is 0 Å². The molecule has 1 aliphatic heterocycles. The summed E-state index contributed by atoms with van der Waals surface area (Å²) < 4.78 is 4.52. The molecule has 4 N–H and O–H groups in total. The zero-order chi connectivity index (χ0) is 9.30. The number of aliphatic hydroxyl groups is 4. The second-order valence-corrected chi connectivity index (χ2v) is 2.54. The number of aliphatic hydroxyl groups excluding tert-OH is 4. The van der Waals surface area contributed by atoms with Crippen molar-refractivity contribution in [3.8, 4) is 0 Å². The van der Waals surface area contributed by atoms with Crippen LogP contribution in [0.4, 0.5) is 0 Å². The van der Waals surface area contributed by atoms with E-state index >= 15 is 0 Å². The predicted octanol–water partition coefficient (Wildman–Crippen LogP) is -3.01. The van der Waals surface area contributed by atoms with Crippen LogP contribution in [0, 0.1) is 0 Å². The molecular formula is C6H10O6. The van der Waals surface area contributed by atoms with Gasteiger partial charge in [-0.2, -0.15) is 0 Å². The van der Waals surface area contributed by atoms with Crippen LogP contribution in [0.25, 0.3) is 0 Å². The molecule has 0 aromatic heterocycles. The molecule has 0 saturated carbocycles. The van der Waals surface area contributed by atoms with E-state index < -0.39 is 37.0 Å². The highest BCUT2D eigenvalue weighted by molar-refractivity contribution is 5.88. The van der Waals surface area contributed by atoms with Crippen LogP contribution in [0.15, 0.2) is 0 Å². The van der Waals surface area contributed by atoms with Gasteiger partial charge in [-0.3, -0.25) is 4.79 Å². The Morgan fingerprint density at radius 2 is 1.83 bits per heavy atom. The SMILES string of the molecule is O=C1C(O)[C@H](O)OC(CO)[C@@H]1O. The maximum atomic E-state index is 10.9. The van der Waals surface area contributed by atoms with Crippen LogP contribution in [0.3, 0.4) is 0 Å². The summed E-state index contributed by atoms with van der Waals surface area (Å²) >= 11 is 0. The summed E-state index contributed by atoms with van der Waals surface area (Å²) in [6, 6.07) is 0. The third-order valence-electron chi connectivity index (χ3n) is 1.70. The quantitative estimate of drug-likeness (QED) is 0.340. The molecule has 70 valence electrons. The molecule has 1 fully saturated rings. The molecule has 1 saturated heterocycles. The van der Waals surface area contributed by atoms with E-state index in [1.165, 1.54) is 0 Å². The monoisotopic (exact) mass is 178 g/mol. The molecule has 1 heterocycles. The molecule has 0 spiro atoms.